The molecule has 7 nitrogen and oxygen atoms in total. The van der Waals surface area contributed by atoms with Crippen LogP contribution in [0, 0.1) is 0 Å². The Bertz CT molecular complexity index is 1150. The fraction of sp³-hybridized carbons (Fsp3) is 0.200. The number of carboxylic acid groups (broad SMARTS) is 1. The predicted octanol–water partition coefficient (Wildman–Crippen LogP) is 5.10. The molecule has 0 aromatic heterocycles. The maximum Gasteiger partial charge on any atom is 0.528 e. The van der Waals surface area contributed by atoms with Gasteiger partial charge in [-0.1, -0.05) is 60.1 Å². The van der Waals surface area contributed by atoms with Crippen LogP contribution in [0.5, 0.6) is 5.75 Å². The molecule has 8 heteroatoms. The molecule has 0 saturated heterocycles. The van der Waals surface area contributed by atoms with Crippen LogP contribution in [-0.4, -0.2) is 35.4 Å². The molecule has 0 amide bonds. The Morgan fingerprint density at radius 1 is 1.00 bits per heavy atom. The van der Waals surface area contributed by atoms with Gasteiger partial charge in [-0.25, -0.2) is 9.59 Å². The van der Waals surface area contributed by atoms with Crippen molar-refractivity contribution >= 4 is 23.7 Å². The van der Waals surface area contributed by atoms with Crippen molar-refractivity contribution < 1.29 is 29.0 Å². The summed E-state index contributed by atoms with van der Waals surface area (Å²) in [7, 11) is 0. The number of hydrogen-bond donors (Lipinski definition) is 1. The van der Waals surface area contributed by atoms with Crippen LogP contribution < -0.4 is 4.74 Å². The highest BCUT2D eigenvalue weighted by Crippen LogP contribution is 2.36. The van der Waals surface area contributed by atoms with E-state index in [1.807, 2.05) is 48.5 Å². The van der Waals surface area contributed by atoms with E-state index in [1.165, 1.54) is 0 Å². The Labute approximate surface area is 196 Å². The Morgan fingerprint density at radius 3 is 2.61 bits per heavy atom. The van der Waals surface area contributed by atoms with Crippen LogP contribution in [0.25, 0.3) is 11.1 Å². The average molecular weight is 468 g/mol. The van der Waals surface area contributed by atoms with Crippen LogP contribution in [0.15, 0.2) is 66.7 Å². The fourth-order valence-corrected chi connectivity index (χ4v) is 3.90. The number of nitrogens with zero attached hydrogens (tertiary/aromatic N) is 1. The number of aliphatic carboxylic acids is 1. The third-order valence-corrected chi connectivity index (χ3v) is 5.56. The summed E-state index contributed by atoms with van der Waals surface area (Å²) in [6.45, 7) is 0.587. The quantitative estimate of drug-likeness (QED) is 0.484. The van der Waals surface area contributed by atoms with Crippen LogP contribution in [0.2, 0.25) is 5.02 Å². The third kappa shape index (κ3) is 5.83. The van der Waals surface area contributed by atoms with E-state index in [-0.39, 0.29) is 6.61 Å². The standard InChI is InChI=1S/C25H22ClNO6/c26-23-10-9-19(31-16-24(28)29)13-21(23)20-8-4-7-18-11-12-27(14-22(18)20)33-25(30)32-15-17-5-2-1-3-6-17/h1-10,13H,11-12,14-16H2,(H,28,29). The molecule has 0 unspecified atom stereocenters. The van der Waals surface area contributed by atoms with E-state index >= 15 is 0 Å². The zero-order valence-corrected chi connectivity index (χ0v) is 18.5. The van der Waals surface area contributed by atoms with Gasteiger partial charge >= 0.3 is 12.1 Å². The van der Waals surface area contributed by atoms with Crippen molar-refractivity contribution in [3.63, 3.8) is 0 Å². The monoisotopic (exact) mass is 467 g/mol. The molecule has 0 atom stereocenters. The lowest BCUT2D eigenvalue weighted by Crippen LogP contribution is -2.33. The Kier molecular flexibility index (Phi) is 7.12. The number of fused-ring (bicyclic) bond motifs is 1. The van der Waals surface area contributed by atoms with Crippen molar-refractivity contribution in [2.45, 2.75) is 19.6 Å². The number of halogens is 1. The lowest BCUT2D eigenvalue weighted by molar-refractivity contribution is -0.139. The van der Waals surface area contributed by atoms with Crippen LogP contribution in [0.1, 0.15) is 16.7 Å². The van der Waals surface area contributed by atoms with Gasteiger partial charge in [0.1, 0.15) is 12.4 Å². The van der Waals surface area contributed by atoms with Gasteiger partial charge in [0.15, 0.2) is 6.61 Å². The van der Waals surface area contributed by atoms with Crippen molar-refractivity contribution in [3.05, 3.63) is 88.4 Å². The maximum atomic E-state index is 12.2. The lowest BCUT2D eigenvalue weighted by Gasteiger charge is -2.28. The lowest BCUT2D eigenvalue weighted by atomic mass is 9.91. The fourth-order valence-electron chi connectivity index (χ4n) is 3.68. The molecule has 33 heavy (non-hydrogen) atoms. The van der Waals surface area contributed by atoms with Crippen LogP contribution in [0.3, 0.4) is 0 Å². The van der Waals surface area contributed by atoms with Gasteiger partial charge in [-0.2, -0.15) is 0 Å². The molecule has 4 rings (SSSR count). The molecule has 0 aliphatic carbocycles. The van der Waals surface area contributed by atoms with E-state index in [0.29, 0.717) is 35.8 Å². The van der Waals surface area contributed by atoms with Crippen LogP contribution in [0.4, 0.5) is 4.79 Å². The van der Waals surface area contributed by atoms with Crippen molar-refractivity contribution in [1.82, 2.24) is 5.06 Å². The molecule has 1 aliphatic heterocycles. The number of ether oxygens (including phenoxy) is 2. The number of benzene rings is 3. The number of carbonyl (C=O) groups is 2. The molecule has 3 aromatic rings. The summed E-state index contributed by atoms with van der Waals surface area (Å²) in [5.74, 6) is -0.654. The summed E-state index contributed by atoms with van der Waals surface area (Å²) in [4.78, 5) is 28.5. The largest absolute Gasteiger partial charge is 0.528 e. The van der Waals surface area contributed by atoms with Gasteiger partial charge in [0.05, 0.1) is 6.54 Å². The van der Waals surface area contributed by atoms with Crippen molar-refractivity contribution in [3.8, 4) is 16.9 Å². The molecule has 170 valence electrons. The van der Waals surface area contributed by atoms with Crippen molar-refractivity contribution in [1.29, 1.82) is 0 Å². The highest BCUT2D eigenvalue weighted by molar-refractivity contribution is 6.33. The molecule has 1 N–H and O–H groups in total. The topological polar surface area (TPSA) is 85.3 Å². The summed E-state index contributed by atoms with van der Waals surface area (Å²) >= 11 is 6.47. The van der Waals surface area contributed by atoms with Gasteiger partial charge in [0, 0.05) is 17.1 Å². The summed E-state index contributed by atoms with van der Waals surface area (Å²) < 4.78 is 10.5. The molecule has 1 aliphatic rings. The summed E-state index contributed by atoms with van der Waals surface area (Å²) in [5.41, 5.74) is 4.55. The van der Waals surface area contributed by atoms with E-state index < -0.39 is 18.7 Å². The minimum absolute atomic E-state index is 0.133. The van der Waals surface area contributed by atoms with Crippen molar-refractivity contribution in [2.24, 2.45) is 0 Å². The molecule has 1 heterocycles. The third-order valence-electron chi connectivity index (χ3n) is 5.23. The zero-order valence-electron chi connectivity index (χ0n) is 17.7. The first-order valence-corrected chi connectivity index (χ1v) is 10.8. The zero-order chi connectivity index (χ0) is 23.2. The Balaban J connectivity index is 1.48. The molecule has 3 aromatic carbocycles. The molecule has 0 saturated carbocycles. The summed E-state index contributed by atoms with van der Waals surface area (Å²) in [6, 6.07) is 20.3. The average Bonchev–Trinajstić information content (AvgIpc) is 2.82. The summed E-state index contributed by atoms with van der Waals surface area (Å²) in [6.07, 6.45) is -0.0796. The second kappa shape index (κ2) is 10.4. The highest BCUT2D eigenvalue weighted by Gasteiger charge is 2.24. The van der Waals surface area contributed by atoms with Crippen LogP contribution in [-0.2, 0) is 33.9 Å². The van der Waals surface area contributed by atoms with Crippen LogP contribution >= 0.6 is 11.6 Å². The molecule has 0 fully saturated rings. The molecule has 0 bridgehead atoms. The van der Waals surface area contributed by atoms with E-state index in [4.69, 9.17) is 31.0 Å². The second-order valence-electron chi connectivity index (χ2n) is 7.50. The van der Waals surface area contributed by atoms with E-state index in [9.17, 15) is 9.59 Å². The van der Waals surface area contributed by atoms with E-state index in [1.54, 1.807) is 23.3 Å². The van der Waals surface area contributed by atoms with Gasteiger partial charge < -0.3 is 19.4 Å². The van der Waals surface area contributed by atoms with Gasteiger partial charge in [0.2, 0.25) is 0 Å². The smallest absolute Gasteiger partial charge is 0.482 e. The molecule has 0 radical (unpaired) electrons. The van der Waals surface area contributed by atoms with E-state index in [2.05, 4.69) is 0 Å². The second-order valence-corrected chi connectivity index (χ2v) is 7.90. The predicted molar refractivity (Wildman–Crippen MR) is 122 cm³/mol. The summed E-state index contributed by atoms with van der Waals surface area (Å²) in [5, 5.41) is 10.9. The SMILES string of the molecule is O=C(O)COc1ccc(Cl)c(-c2cccc3c2CN(OC(=O)OCc2ccccc2)CC3)c1. The number of hydroxylamine groups is 2. The Hall–Kier alpha value is -3.55. The Morgan fingerprint density at radius 2 is 1.82 bits per heavy atom. The van der Waals surface area contributed by atoms with Crippen molar-refractivity contribution in [2.75, 3.05) is 13.2 Å². The minimum Gasteiger partial charge on any atom is -0.482 e. The molecule has 0 spiro atoms. The molecular weight excluding hydrogens is 446 g/mol. The number of hydrogen-bond acceptors (Lipinski definition) is 6. The number of carboxylic acids is 1. The first-order valence-electron chi connectivity index (χ1n) is 10.4. The number of rotatable bonds is 7. The first-order chi connectivity index (χ1) is 16.0. The van der Waals surface area contributed by atoms with Gasteiger partial charge in [0.25, 0.3) is 0 Å². The minimum atomic E-state index is -1.06. The number of carbonyl (C=O) groups excluding carboxylic acids is 1. The molecular formula is C25H22ClNO6. The van der Waals surface area contributed by atoms with Gasteiger partial charge in [-0.3, -0.25) is 0 Å². The normalized spacial score (nSPS) is 13.1. The van der Waals surface area contributed by atoms with E-state index in [0.717, 1.165) is 22.3 Å². The van der Waals surface area contributed by atoms with Gasteiger partial charge in [-0.05, 0) is 46.9 Å². The maximum absolute atomic E-state index is 12.2. The first kappa shape index (κ1) is 22.6. The highest BCUT2D eigenvalue weighted by atomic mass is 35.5. The van der Waals surface area contributed by atoms with Gasteiger partial charge in [-0.15, -0.1) is 5.06 Å².